The van der Waals surface area contributed by atoms with Gasteiger partial charge < -0.3 is 9.72 Å². The highest BCUT2D eigenvalue weighted by atomic mass is 16.4. The Morgan fingerprint density at radius 3 is 2.44 bits per heavy atom. The number of likely N-dealkylation sites (tertiary alicyclic amines) is 1. The molecule has 0 unspecified atom stereocenters. The average molecular weight is 439 g/mol. The van der Waals surface area contributed by atoms with Gasteiger partial charge in [-0.2, -0.15) is 0 Å². The predicted molar refractivity (Wildman–Crippen MR) is 132 cm³/mol. The van der Waals surface area contributed by atoms with Crippen molar-refractivity contribution in [1.29, 1.82) is 0 Å². The molecule has 0 amide bonds. The third-order valence-electron chi connectivity index (χ3n) is 5.13. The number of aromatic nitrogens is 3. The van der Waals surface area contributed by atoms with Gasteiger partial charge in [0.2, 0.25) is 0 Å². The Labute approximate surface area is 192 Å². The Morgan fingerprint density at radius 1 is 1.16 bits per heavy atom. The first-order valence-corrected chi connectivity index (χ1v) is 11.4. The lowest BCUT2D eigenvalue weighted by Crippen LogP contribution is -2.20. The molecule has 3 aromatic rings. The van der Waals surface area contributed by atoms with Crippen LogP contribution in [0.5, 0.6) is 0 Å². The van der Waals surface area contributed by atoms with Gasteiger partial charge in [0.25, 0.3) is 0 Å². The Morgan fingerprint density at radius 2 is 1.81 bits per heavy atom. The molecule has 1 aliphatic heterocycles. The summed E-state index contributed by atoms with van der Waals surface area (Å²) in [5.41, 5.74) is 4.58. The summed E-state index contributed by atoms with van der Waals surface area (Å²) in [5, 5.41) is 0. The number of hydrogen-bond acceptors (Lipinski definition) is 5. The number of hydrogen-bond donors (Lipinski definition) is 1. The first kappa shape index (κ1) is 25.7. The number of benzene rings is 1. The second kappa shape index (κ2) is 11.9. The van der Waals surface area contributed by atoms with Crippen LogP contribution in [0.3, 0.4) is 0 Å². The molecule has 0 spiro atoms. The summed E-state index contributed by atoms with van der Waals surface area (Å²) in [5.74, 6) is 0.0722. The van der Waals surface area contributed by atoms with Crippen LogP contribution < -0.4 is 0 Å². The maximum absolute atomic E-state index is 12.7. The van der Waals surface area contributed by atoms with E-state index in [4.69, 9.17) is 4.98 Å². The second-order valence-corrected chi connectivity index (χ2v) is 8.83. The number of ether oxygens (including phenoxy) is 1. The number of H-pyrrole nitrogens is 1. The molecule has 4 rings (SSSR count). The highest BCUT2D eigenvalue weighted by Crippen LogP contribution is 2.27. The fraction of sp³-hybridized carbons (Fsp3) is 0.500. The van der Waals surface area contributed by atoms with Crippen molar-refractivity contribution >= 4 is 16.9 Å². The topological polar surface area (TPSA) is 71.1 Å². The van der Waals surface area contributed by atoms with Gasteiger partial charge in [0, 0.05) is 37.9 Å². The Balaban J connectivity index is 0.000000671. The molecule has 6 nitrogen and oxygen atoms in total. The van der Waals surface area contributed by atoms with Crippen LogP contribution in [0, 0.1) is 5.41 Å². The van der Waals surface area contributed by atoms with Gasteiger partial charge in [-0.15, -0.1) is 0 Å². The summed E-state index contributed by atoms with van der Waals surface area (Å²) in [7, 11) is 3.25. The van der Waals surface area contributed by atoms with Gasteiger partial charge in [-0.25, -0.2) is 9.97 Å². The van der Waals surface area contributed by atoms with Gasteiger partial charge >= 0.3 is 0 Å². The molecule has 0 saturated carbocycles. The standard InChI is InChI=1S/C22H26N4O.C2H6O.C2H6/c1-22(2,3)20(27)17-12-23-21-19(17)25-18(13-24-21)16-8-6-7-15(11-16)14-26-9-4-5-10-26;1-3-2;1-2/h6-8,11-13H,4-5,9-10,14H2,1-3H3,(H,23,24);1-2H3;1-2H3. The molecule has 174 valence electrons. The highest BCUT2D eigenvalue weighted by molar-refractivity contribution is 6.08. The SMILES string of the molecule is CC.CC(C)(C)C(=O)c1c[nH]c2ncc(-c3cccc(CN4CCCC4)c3)nc12.COC. The lowest BCUT2D eigenvalue weighted by atomic mass is 9.87. The van der Waals surface area contributed by atoms with Crippen molar-refractivity contribution in [1.82, 2.24) is 19.9 Å². The minimum Gasteiger partial charge on any atom is -0.388 e. The zero-order valence-corrected chi connectivity index (χ0v) is 20.7. The Hall–Kier alpha value is -2.57. The van der Waals surface area contributed by atoms with Crippen LogP contribution in [0.2, 0.25) is 0 Å². The van der Waals surface area contributed by atoms with Gasteiger partial charge in [-0.05, 0) is 37.6 Å². The zero-order valence-electron chi connectivity index (χ0n) is 20.7. The van der Waals surface area contributed by atoms with Gasteiger partial charge in [-0.3, -0.25) is 9.69 Å². The van der Waals surface area contributed by atoms with Crippen molar-refractivity contribution in [3.8, 4) is 11.3 Å². The lowest BCUT2D eigenvalue weighted by Gasteiger charge is -2.16. The molecule has 0 atom stereocenters. The summed E-state index contributed by atoms with van der Waals surface area (Å²) in [6.45, 7) is 13.1. The van der Waals surface area contributed by atoms with Crippen molar-refractivity contribution in [2.75, 3.05) is 27.3 Å². The number of fused-ring (bicyclic) bond motifs is 1. The van der Waals surface area contributed by atoms with Crippen molar-refractivity contribution in [3.05, 3.63) is 47.8 Å². The number of carbonyl (C=O) groups excluding carboxylic acids is 1. The molecule has 1 N–H and O–H groups in total. The van der Waals surface area contributed by atoms with Gasteiger partial charge in [-0.1, -0.05) is 52.8 Å². The Bertz CT molecular complexity index is 998. The van der Waals surface area contributed by atoms with Crippen LogP contribution in [-0.4, -0.2) is 52.9 Å². The molecule has 0 bridgehead atoms. The summed E-state index contributed by atoms with van der Waals surface area (Å²) in [6.07, 6.45) is 6.09. The molecule has 32 heavy (non-hydrogen) atoms. The molecular weight excluding hydrogens is 400 g/mol. The van der Waals surface area contributed by atoms with Crippen LogP contribution in [0.25, 0.3) is 22.4 Å². The quantitative estimate of drug-likeness (QED) is 0.526. The Kier molecular flexibility index (Phi) is 9.54. The molecule has 1 aliphatic rings. The van der Waals surface area contributed by atoms with Crippen molar-refractivity contribution < 1.29 is 9.53 Å². The van der Waals surface area contributed by atoms with Crippen LogP contribution in [0.15, 0.2) is 36.7 Å². The van der Waals surface area contributed by atoms with E-state index in [1.807, 2.05) is 34.6 Å². The molecule has 0 radical (unpaired) electrons. The molecule has 1 saturated heterocycles. The number of methoxy groups -OCH3 is 1. The number of nitrogens with zero attached hydrogens (tertiary/aromatic N) is 3. The average Bonchev–Trinajstić information content (AvgIpc) is 3.44. The fourth-order valence-corrected chi connectivity index (χ4v) is 3.64. The lowest BCUT2D eigenvalue weighted by molar-refractivity contribution is 0.0860. The number of aromatic amines is 1. The molecule has 1 aromatic carbocycles. The van der Waals surface area contributed by atoms with Crippen molar-refractivity contribution in [2.45, 2.75) is 54.0 Å². The number of ketones is 1. The largest absolute Gasteiger partial charge is 0.388 e. The van der Waals surface area contributed by atoms with E-state index in [1.165, 1.54) is 31.5 Å². The summed E-state index contributed by atoms with van der Waals surface area (Å²) in [6, 6.07) is 8.48. The minimum absolute atomic E-state index is 0.0722. The summed E-state index contributed by atoms with van der Waals surface area (Å²) < 4.78 is 4.25. The van der Waals surface area contributed by atoms with Crippen molar-refractivity contribution in [3.63, 3.8) is 0 Å². The van der Waals surface area contributed by atoms with Gasteiger partial charge in [0.15, 0.2) is 11.4 Å². The molecular formula is C26H38N4O2. The zero-order chi connectivity index (χ0) is 23.7. The number of nitrogens with one attached hydrogen (secondary N) is 1. The van der Waals surface area contributed by atoms with E-state index in [0.29, 0.717) is 16.7 Å². The smallest absolute Gasteiger partial charge is 0.171 e. The van der Waals surface area contributed by atoms with Crippen LogP contribution in [0.4, 0.5) is 0 Å². The van der Waals surface area contributed by atoms with Gasteiger partial charge in [0.1, 0.15) is 5.52 Å². The molecule has 2 aromatic heterocycles. The van der Waals surface area contributed by atoms with Crippen molar-refractivity contribution in [2.24, 2.45) is 5.41 Å². The minimum atomic E-state index is -0.456. The highest BCUT2D eigenvalue weighted by Gasteiger charge is 2.26. The molecule has 0 aliphatic carbocycles. The van der Waals surface area contributed by atoms with E-state index in [0.717, 1.165) is 17.8 Å². The van der Waals surface area contributed by atoms with Gasteiger partial charge in [0.05, 0.1) is 17.5 Å². The van der Waals surface area contributed by atoms with Crippen LogP contribution in [0.1, 0.15) is 63.4 Å². The normalized spacial score (nSPS) is 13.8. The van der Waals surface area contributed by atoms with Crippen LogP contribution >= 0.6 is 0 Å². The number of carbonyl (C=O) groups is 1. The number of rotatable bonds is 4. The maximum Gasteiger partial charge on any atom is 0.171 e. The van der Waals surface area contributed by atoms with E-state index >= 15 is 0 Å². The maximum atomic E-state index is 12.7. The molecule has 3 heterocycles. The first-order chi connectivity index (χ1) is 15.3. The fourth-order valence-electron chi connectivity index (χ4n) is 3.64. The molecule has 1 fully saturated rings. The second-order valence-electron chi connectivity index (χ2n) is 8.83. The first-order valence-electron chi connectivity index (χ1n) is 11.4. The molecule has 6 heteroatoms. The van der Waals surface area contributed by atoms with E-state index in [9.17, 15) is 4.79 Å². The third-order valence-corrected chi connectivity index (χ3v) is 5.13. The monoisotopic (exact) mass is 438 g/mol. The summed E-state index contributed by atoms with van der Waals surface area (Å²) in [4.78, 5) is 27.6. The van der Waals surface area contributed by atoms with E-state index < -0.39 is 5.41 Å². The van der Waals surface area contributed by atoms with E-state index in [2.05, 4.69) is 43.9 Å². The third kappa shape index (κ3) is 6.47. The van der Waals surface area contributed by atoms with Crippen LogP contribution in [-0.2, 0) is 11.3 Å². The summed E-state index contributed by atoms with van der Waals surface area (Å²) >= 11 is 0. The number of Topliss-reactive ketones (excluding diaryl/α,β-unsaturated/α-hetero) is 1. The predicted octanol–water partition coefficient (Wildman–Crippen LogP) is 5.74. The van der Waals surface area contributed by atoms with E-state index in [-0.39, 0.29) is 5.78 Å². The van der Waals surface area contributed by atoms with E-state index in [1.54, 1.807) is 26.6 Å².